The SMILES string of the molecule is CCCCCCCCCOC(=O)C1CCCN1C(=O)c1cccc(C(F)(F)F)c1F. The molecule has 1 unspecified atom stereocenters. The van der Waals surface area contributed by atoms with Crippen LogP contribution >= 0.6 is 0 Å². The van der Waals surface area contributed by atoms with Gasteiger partial charge in [-0.1, -0.05) is 51.5 Å². The van der Waals surface area contributed by atoms with Gasteiger partial charge in [0.05, 0.1) is 17.7 Å². The highest BCUT2D eigenvalue weighted by Crippen LogP contribution is 2.33. The van der Waals surface area contributed by atoms with Crippen LogP contribution in [0.5, 0.6) is 0 Å². The largest absolute Gasteiger partial charge is 0.464 e. The van der Waals surface area contributed by atoms with E-state index in [9.17, 15) is 27.2 Å². The molecule has 1 aromatic carbocycles. The van der Waals surface area contributed by atoms with Crippen LogP contribution in [0.2, 0.25) is 0 Å². The van der Waals surface area contributed by atoms with E-state index in [1.54, 1.807) is 0 Å². The van der Waals surface area contributed by atoms with Gasteiger partial charge >= 0.3 is 12.1 Å². The molecule has 0 radical (unpaired) electrons. The van der Waals surface area contributed by atoms with Crippen LogP contribution < -0.4 is 0 Å². The maximum atomic E-state index is 14.3. The minimum atomic E-state index is -4.90. The minimum absolute atomic E-state index is 0.172. The zero-order chi connectivity index (χ0) is 22.1. The molecule has 1 atom stereocenters. The third-order valence-corrected chi connectivity index (χ3v) is 5.31. The molecular weight excluding hydrogens is 402 g/mol. The van der Waals surface area contributed by atoms with Crippen LogP contribution in [-0.4, -0.2) is 36.0 Å². The van der Waals surface area contributed by atoms with Crippen molar-refractivity contribution in [3.05, 3.63) is 35.1 Å². The molecule has 0 N–H and O–H groups in total. The molecule has 4 nitrogen and oxygen atoms in total. The number of esters is 1. The number of nitrogens with zero attached hydrogens (tertiary/aromatic N) is 1. The summed E-state index contributed by atoms with van der Waals surface area (Å²) in [4.78, 5) is 26.2. The van der Waals surface area contributed by atoms with Gasteiger partial charge < -0.3 is 9.64 Å². The molecule has 0 bridgehead atoms. The number of rotatable bonds is 10. The lowest BCUT2D eigenvalue weighted by Gasteiger charge is -2.24. The third-order valence-electron chi connectivity index (χ3n) is 5.31. The highest BCUT2D eigenvalue weighted by Gasteiger charge is 2.39. The Morgan fingerprint density at radius 2 is 1.77 bits per heavy atom. The molecule has 30 heavy (non-hydrogen) atoms. The van der Waals surface area contributed by atoms with Crippen LogP contribution in [-0.2, 0) is 15.7 Å². The lowest BCUT2D eigenvalue weighted by Crippen LogP contribution is -2.42. The molecule has 8 heteroatoms. The highest BCUT2D eigenvalue weighted by molar-refractivity contribution is 5.97. The van der Waals surface area contributed by atoms with Crippen LogP contribution in [0.4, 0.5) is 17.6 Å². The van der Waals surface area contributed by atoms with Crippen molar-refractivity contribution < 1.29 is 31.9 Å². The van der Waals surface area contributed by atoms with E-state index in [4.69, 9.17) is 4.74 Å². The molecule has 2 rings (SSSR count). The predicted molar refractivity (Wildman–Crippen MR) is 104 cm³/mol. The Morgan fingerprint density at radius 1 is 1.10 bits per heavy atom. The molecule has 1 fully saturated rings. The maximum Gasteiger partial charge on any atom is 0.419 e. The Bertz CT molecular complexity index is 721. The minimum Gasteiger partial charge on any atom is -0.464 e. The number of benzene rings is 1. The Balaban J connectivity index is 1.91. The summed E-state index contributed by atoms with van der Waals surface area (Å²) in [5.74, 6) is -3.12. The second kappa shape index (κ2) is 11.3. The van der Waals surface area contributed by atoms with E-state index < -0.39 is 41.0 Å². The van der Waals surface area contributed by atoms with Crippen molar-refractivity contribution in [3.8, 4) is 0 Å². The van der Waals surface area contributed by atoms with Crippen molar-refractivity contribution in [2.45, 2.75) is 76.9 Å². The van der Waals surface area contributed by atoms with Crippen molar-refractivity contribution in [2.75, 3.05) is 13.2 Å². The Morgan fingerprint density at radius 3 is 2.43 bits per heavy atom. The summed E-state index contributed by atoms with van der Waals surface area (Å²) in [7, 11) is 0. The van der Waals surface area contributed by atoms with Crippen molar-refractivity contribution in [3.63, 3.8) is 0 Å². The quantitative estimate of drug-likeness (QED) is 0.270. The summed E-state index contributed by atoms with van der Waals surface area (Å²) in [5.41, 5.74) is -2.18. The number of hydrogen-bond acceptors (Lipinski definition) is 3. The number of halogens is 4. The second-order valence-corrected chi connectivity index (χ2v) is 7.61. The molecule has 0 aliphatic carbocycles. The summed E-state index contributed by atoms with van der Waals surface area (Å²) in [5, 5.41) is 0. The molecule has 1 saturated heterocycles. The van der Waals surface area contributed by atoms with E-state index in [2.05, 4.69) is 6.92 Å². The maximum absolute atomic E-state index is 14.3. The Kier molecular flexibility index (Phi) is 9.11. The molecular formula is C22H29F4NO3. The fourth-order valence-corrected chi connectivity index (χ4v) is 3.65. The van der Waals surface area contributed by atoms with Gasteiger partial charge in [-0.05, 0) is 31.4 Å². The van der Waals surface area contributed by atoms with Crippen molar-refractivity contribution in [1.29, 1.82) is 0 Å². The van der Waals surface area contributed by atoms with E-state index >= 15 is 0 Å². The third kappa shape index (κ3) is 6.44. The first-order valence-electron chi connectivity index (χ1n) is 10.6. The van der Waals surface area contributed by atoms with Gasteiger partial charge in [0.1, 0.15) is 11.9 Å². The van der Waals surface area contributed by atoms with E-state index in [1.807, 2.05) is 0 Å². The van der Waals surface area contributed by atoms with Crippen molar-refractivity contribution in [1.82, 2.24) is 4.90 Å². The summed E-state index contributed by atoms with van der Waals surface area (Å²) in [6, 6.07) is 1.69. The molecule has 1 aliphatic heterocycles. The van der Waals surface area contributed by atoms with Gasteiger partial charge in [-0.15, -0.1) is 0 Å². The van der Waals surface area contributed by atoms with Gasteiger partial charge in [0.15, 0.2) is 0 Å². The van der Waals surface area contributed by atoms with Crippen molar-refractivity contribution >= 4 is 11.9 Å². The standard InChI is InChI=1S/C22H29F4NO3/c1-2-3-4-5-6-7-8-15-30-21(29)18-13-10-14-27(18)20(28)16-11-9-12-17(19(16)23)22(24,25)26/h9,11-12,18H,2-8,10,13-15H2,1H3. The fraction of sp³-hybridized carbons (Fsp3) is 0.636. The van der Waals surface area contributed by atoms with Gasteiger partial charge in [0, 0.05) is 6.54 Å². The molecule has 0 aromatic heterocycles. The van der Waals surface area contributed by atoms with Crippen molar-refractivity contribution in [2.24, 2.45) is 0 Å². The Hall–Kier alpha value is -2.12. The monoisotopic (exact) mass is 431 g/mol. The summed E-state index contributed by atoms with van der Waals surface area (Å²) in [6.45, 7) is 2.56. The molecule has 1 aliphatic rings. The van der Waals surface area contributed by atoms with Crippen LogP contribution in [0.1, 0.15) is 80.6 Å². The summed E-state index contributed by atoms with van der Waals surface area (Å²) >= 11 is 0. The number of carbonyl (C=O) groups is 2. The van der Waals surface area contributed by atoms with Crippen LogP contribution in [0.15, 0.2) is 18.2 Å². The van der Waals surface area contributed by atoms with Crippen LogP contribution in [0.25, 0.3) is 0 Å². The zero-order valence-electron chi connectivity index (χ0n) is 17.3. The number of hydrogen-bond donors (Lipinski definition) is 0. The number of likely N-dealkylation sites (tertiary alicyclic amines) is 1. The number of unbranched alkanes of at least 4 members (excludes halogenated alkanes) is 6. The van der Waals surface area contributed by atoms with E-state index in [0.29, 0.717) is 18.9 Å². The molecule has 0 spiro atoms. The highest BCUT2D eigenvalue weighted by atomic mass is 19.4. The predicted octanol–water partition coefficient (Wildman–Crippen LogP) is 5.74. The molecule has 1 aromatic rings. The Labute approximate surface area is 174 Å². The van der Waals surface area contributed by atoms with Crippen LogP contribution in [0, 0.1) is 5.82 Å². The fourth-order valence-electron chi connectivity index (χ4n) is 3.65. The smallest absolute Gasteiger partial charge is 0.419 e. The van der Waals surface area contributed by atoms with Gasteiger partial charge in [0.25, 0.3) is 5.91 Å². The second-order valence-electron chi connectivity index (χ2n) is 7.61. The normalized spacial score (nSPS) is 16.7. The van der Waals surface area contributed by atoms with Crippen LogP contribution in [0.3, 0.4) is 0 Å². The average Bonchev–Trinajstić information content (AvgIpc) is 3.18. The lowest BCUT2D eigenvalue weighted by molar-refractivity contribution is -0.148. The average molecular weight is 431 g/mol. The van der Waals surface area contributed by atoms with E-state index in [-0.39, 0.29) is 13.2 Å². The lowest BCUT2D eigenvalue weighted by atomic mass is 10.1. The molecule has 1 amide bonds. The van der Waals surface area contributed by atoms with E-state index in [0.717, 1.165) is 42.7 Å². The first kappa shape index (κ1) is 24.2. The van der Waals surface area contributed by atoms with Gasteiger partial charge in [-0.3, -0.25) is 4.79 Å². The van der Waals surface area contributed by atoms with E-state index in [1.165, 1.54) is 19.3 Å². The molecule has 168 valence electrons. The topological polar surface area (TPSA) is 46.6 Å². The molecule has 0 saturated carbocycles. The van der Waals surface area contributed by atoms with Gasteiger partial charge in [-0.2, -0.15) is 13.2 Å². The zero-order valence-corrected chi connectivity index (χ0v) is 17.3. The summed E-state index contributed by atoms with van der Waals surface area (Å²) < 4.78 is 58.4. The first-order valence-corrected chi connectivity index (χ1v) is 10.6. The number of ether oxygens (including phenoxy) is 1. The number of amides is 1. The molecule has 1 heterocycles. The number of carbonyl (C=O) groups excluding carboxylic acids is 2. The van der Waals surface area contributed by atoms with Gasteiger partial charge in [0.2, 0.25) is 0 Å². The first-order chi connectivity index (χ1) is 14.3. The number of alkyl halides is 3. The summed E-state index contributed by atoms with van der Waals surface area (Å²) in [6.07, 6.45) is 3.43. The van der Waals surface area contributed by atoms with Gasteiger partial charge in [-0.25, -0.2) is 9.18 Å².